The summed E-state index contributed by atoms with van der Waals surface area (Å²) in [4.78, 5) is 13.6. The first-order chi connectivity index (χ1) is 6.81. The molecular formula is C11H12ClNO. The fourth-order valence-corrected chi connectivity index (χ4v) is 1.66. The van der Waals surface area contributed by atoms with Crippen LogP contribution in [0.4, 0.5) is 0 Å². The molecule has 1 aliphatic rings. The third-order valence-electron chi connectivity index (χ3n) is 2.47. The van der Waals surface area contributed by atoms with Crippen LogP contribution in [0, 0.1) is 0 Å². The van der Waals surface area contributed by atoms with Gasteiger partial charge in [0.15, 0.2) is 0 Å². The van der Waals surface area contributed by atoms with Gasteiger partial charge in [0.05, 0.1) is 0 Å². The van der Waals surface area contributed by atoms with Crippen LogP contribution >= 0.6 is 11.6 Å². The Morgan fingerprint density at radius 1 is 1.43 bits per heavy atom. The molecule has 0 saturated carbocycles. The molecule has 1 aromatic carbocycles. The van der Waals surface area contributed by atoms with Gasteiger partial charge in [-0.1, -0.05) is 12.1 Å². The van der Waals surface area contributed by atoms with Crippen LogP contribution < -0.4 is 0 Å². The number of amides is 1. The van der Waals surface area contributed by atoms with Gasteiger partial charge in [-0.2, -0.15) is 0 Å². The summed E-state index contributed by atoms with van der Waals surface area (Å²) in [6.07, 6.45) is 1.13. The van der Waals surface area contributed by atoms with Crippen molar-refractivity contribution in [2.75, 3.05) is 13.1 Å². The van der Waals surface area contributed by atoms with E-state index in [1.807, 2.05) is 29.2 Å². The van der Waals surface area contributed by atoms with Gasteiger partial charge in [0.1, 0.15) is 0 Å². The van der Waals surface area contributed by atoms with Crippen molar-refractivity contribution in [2.45, 2.75) is 12.3 Å². The van der Waals surface area contributed by atoms with Crippen LogP contribution in [-0.4, -0.2) is 23.9 Å². The zero-order valence-electron chi connectivity index (χ0n) is 7.87. The van der Waals surface area contributed by atoms with Crippen molar-refractivity contribution < 1.29 is 4.79 Å². The van der Waals surface area contributed by atoms with Crippen molar-refractivity contribution >= 4 is 17.5 Å². The lowest BCUT2D eigenvalue weighted by Crippen LogP contribution is -2.42. The second-order valence-electron chi connectivity index (χ2n) is 3.48. The maximum Gasteiger partial charge on any atom is 0.253 e. The molecule has 1 saturated heterocycles. The molecule has 0 atom stereocenters. The molecule has 0 spiro atoms. The number of likely N-dealkylation sites (tertiary alicyclic amines) is 1. The topological polar surface area (TPSA) is 20.3 Å². The summed E-state index contributed by atoms with van der Waals surface area (Å²) in [6, 6.07) is 7.52. The summed E-state index contributed by atoms with van der Waals surface area (Å²) in [5.74, 6) is 0.587. The molecule has 3 heteroatoms. The summed E-state index contributed by atoms with van der Waals surface area (Å²) in [5.41, 5.74) is 1.75. The number of halogens is 1. The van der Waals surface area contributed by atoms with Crippen molar-refractivity contribution in [3.8, 4) is 0 Å². The normalized spacial score (nSPS) is 15.1. The zero-order chi connectivity index (χ0) is 9.97. The number of hydrogen-bond acceptors (Lipinski definition) is 1. The van der Waals surface area contributed by atoms with E-state index in [1.54, 1.807) is 0 Å². The monoisotopic (exact) mass is 209 g/mol. The highest BCUT2D eigenvalue weighted by Gasteiger charge is 2.21. The highest BCUT2D eigenvalue weighted by molar-refractivity contribution is 6.17. The van der Waals surface area contributed by atoms with Crippen molar-refractivity contribution in [3.05, 3.63) is 35.4 Å². The first kappa shape index (κ1) is 9.53. The minimum atomic E-state index is 0.128. The van der Waals surface area contributed by atoms with Crippen molar-refractivity contribution in [3.63, 3.8) is 0 Å². The van der Waals surface area contributed by atoms with Gasteiger partial charge >= 0.3 is 0 Å². The molecule has 0 bridgehead atoms. The first-order valence-electron chi connectivity index (χ1n) is 4.75. The van der Waals surface area contributed by atoms with Gasteiger partial charge in [-0.3, -0.25) is 4.79 Å². The number of hydrogen-bond donors (Lipinski definition) is 0. The molecule has 14 heavy (non-hydrogen) atoms. The molecule has 2 nitrogen and oxygen atoms in total. The van der Waals surface area contributed by atoms with E-state index in [2.05, 4.69) is 0 Å². The van der Waals surface area contributed by atoms with E-state index in [9.17, 15) is 4.79 Å². The van der Waals surface area contributed by atoms with E-state index in [-0.39, 0.29) is 5.91 Å². The van der Waals surface area contributed by atoms with Crippen LogP contribution in [0.1, 0.15) is 22.3 Å². The smallest absolute Gasteiger partial charge is 0.253 e. The van der Waals surface area contributed by atoms with Gasteiger partial charge in [-0.05, 0) is 24.1 Å². The highest BCUT2D eigenvalue weighted by atomic mass is 35.5. The SMILES string of the molecule is O=C(c1cccc(CCl)c1)N1CCC1. The molecule has 0 N–H and O–H groups in total. The maximum absolute atomic E-state index is 11.8. The lowest BCUT2D eigenvalue weighted by molar-refractivity contribution is 0.0652. The predicted octanol–water partition coefficient (Wildman–Crippen LogP) is 2.27. The molecule has 0 aliphatic carbocycles. The average Bonchev–Trinajstić information content (AvgIpc) is 2.15. The second-order valence-corrected chi connectivity index (χ2v) is 3.75. The zero-order valence-corrected chi connectivity index (χ0v) is 8.63. The summed E-state index contributed by atoms with van der Waals surface area (Å²) >= 11 is 5.71. The average molecular weight is 210 g/mol. The summed E-state index contributed by atoms with van der Waals surface area (Å²) in [7, 11) is 0. The Bertz CT molecular complexity index is 347. The number of alkyl halides is 1. The van der Waals surface area contributed by atoms with E-state index in [4.69, 9.17) is 11.6 Å². The van der Waals surface area contributed by atoms with E-state index < -0.39 is 0 Å². The van der Waals surface area contributed by atoms with Gasteiger partial charge in [0, 0.05) is 24.5 Å². The van der Waals surface area contributed by atoms with E-state index in [0.717, 1.165) is 30.6 Å². The maximum atomic E-state index is 11.8. The quantitative estimate of drug-likeness (QED) is 0.685. The number of carbonyl (C=O) groups excluding carboxylic acids is 1. The van der Waals surface area contributed by atoms with Gasteiger partial charge in [-0.15, -0.1) is 11.6 Å². The molecule has 1 heterocycles. The lowest BCUT2D eigenvalue weighted by atomic mass is 10.1. The van der Waals surface area contributed by atoms with Crippen LogP contribution in [-0.2, 0) is 5.88 Å². The van der Waals surface area contributed by atoms with Gasteiger partial charge in [0.2, 0.25) is 0 Å². The Morgan fingerprint density at radius 3 is 2.79 bits per heavy atom. The molecule has 1 amide bonds. The Labute approximate surface area is 88.5 Å². The van der Waals surface area contributed by atoms with E-state index in [0.29, 0.717) is 5.88 Å². The number of nitrogens with zero attached hydrogens (tertiary/aromatic N) is 1. The minimum Gasteiger partial charge on any atom is -0.339 e. The molecule has 0 unspecified atom stereocenters. The third kappa shape index (κ3) is 1.75. The van der Waals surface area contributed by atoms with Crippen LogP contribution in [0.3, 0.4) is 0 Å². The minimum absolute atomic E-state index is 0.128. The summed E-state index contributed by atoms with van der Waals surface area (Å²) in [6.45, 7) is 1.79. The van der Waals surface area contributed by atoms with E-state index >= 15 is 0 Å². The summed E-state index contributed by atoms with van der Waals surface area (Å²) in [5, 5.41) is 0. The second kappa shape index (κ2) is 4.01. The van der Waals surface area contributed by atoms with Gasteiger partial charge in [-0.25, -0.2) is 0 Å². The number of benzene rings is 1. The third-order valence-corrected chi connectivity index (χ3v) is 2.78. The fourth-order valence-electron chi connectivity index (χ4n) is 1.49. The van der Waals surface area contributed by atoms with Crippen LogP contribution in [0.2, 0.25) is 0 Å². The standard InChI is InChI=1S/C11H12ClNO/c12-8-9-3-1-4-10(7-9)11(14)13-5-2-6-13/h1,3-4,7H,2,5-6,8H2. The molecular weight excluding hydrogens is 198 g/mol. The Hall–Kier alpha value is -1.02. The summed E-state index contributed by atoms with van der Waals surface area (Å²) < 4.78 is 0. The van der Waals surface area contributed by atoms with Crippen LogP contribution in [0.25, 0.3) is 0 Å². The molecule has 1 aromatic rings. The van der Waals surface area contributed by atoms with Crippen molar-refractivity contribution in [1.29, 1.82) is 0 Å². The van der Waals surface area contributed by atoms with Crippen LogP contribution in [0.5, 0.6) is 0 Å². The Kier molecular flexibility index (Phi) is 2.73. The number of carbonyl (C=O) groups is 1. The largest absolute Gasteiger partial charge is 0.339 e. The van der Waals surface area contributed by atoms with Gasteiger partial charge < -0.3 is 4.90 Å². The number of rotatable bonds is 2. The first-order valence-corrected chi connectivity index (χ1v) is 5.29. The molecule has 2 rings (SSSR count). The van der Waals surface area contributed by atoms with Gasteiger partial charge in [0.25, 0.3) is 5.91 Å². The Balaban J connectivity index is 2.18. The molecule has 1 aliphatic heterocycles. The molecule has 74 valence electrons. The van der Waals surface area contributed by atoms with Crippen molar-refractivity contribution in [1.82, 2.24) is 4.90 Å². The lowest BCUT2D eigenvalue weighted by Gasteiger charge is -2.30. The molecule has 0 aromatic heterocycles. The van der Waals surface area contributed by atoms with Crippen LogP contribution in [0.15, 0.2) is 24.3 Å². The predicted molar refractivity (Wildman–Crippen MR) is 56.5 cm³/mol. The fraction of sp³-hybridized carbons (Fsp3) is 0.364. The molecule has 0 radical (unpaired) electrons. The Morgan fingerprint density at radius 2 is 2.21 bits per heavy atom. The van der Waals surface area contributed by atoms with Crippen molar-refractivity contribution in [2.24, 2.45) is 0 Å². The molecule has 1 fully saturated rings. The van der Waals surface area contributed by atoms with E-state index in [1.165, 1.54) is 0 Å². The highest BCUT2D eigenvalue weighted by Crippen LogP contribution is 2.14.